The summed E-state index contributed by atoms with van der Waals surface area (Å²) in [5, 5.41) is 0. The lowest BCUT2D eigenvalue weighted by Gasteiger charge is -2.36. The number of esters is 1. The van der Waals surface area contributed by atoms with E-state index in [4.69, 9.17) is 9.47 Å². The van der Waals surface area contributed by atoms with Crippen LogP contribution in [0.1, 0.15) is 54.0 Å². The molecule has 134 valence electrons. The van der Waals surface area contributed by atoms with E-state index in [9.17, 15) is 4.79 Å². The van der Waals surface area contributed by atoms with Crippen LogP contribution in [0.5, 0.6) is 0 Å². The van der Waals surface area contributed by atoms with Crippen LogP contribution in [0.2, 0.25) is 0 Å². The molecule has 1 rings (SSSR count). The maximum Gasteiger partial charge on any atom is 0.308 e. The van der Waals surface area contributed by atoms with E-state index in [-0.39, 0.29) is 23.4 Å². The maximum atomic E-state index is 11.8. The summed E-state index contributed by atoms with van der Waals surface area (Å²) in [5.74, 6) is 0.0265. The molecule has 0 saturated carbocycles. The zero-order chi connectivity index (χ0) is 18.3. The molecule has 1 unspecified atom stereocenters. The van der Waals surface area contributed by atoms with Crippen molar-refractivity contribution in [3.63, 3.8) is 0 Å². The Balaban J connectivity index is 2.80. The van der Waals surface area contributed by atoms with Gasteiger partial charge in [0.05, 0.1) is 18.8 Å². The smallest absolute Gasteiger partial charge is 0.308 e. The van der Waals surface area contributed by atoms with Gasteiger partial charge in [0, 0.05) is 5.41 Å². The fraction of sp³-hybridized carbons (Fsp3) is 0.571. The second kappa shape index (κ2) is 8.91. The predicted molar refractivity (Wildman–Crippen MR) is 99.4 cm³/mol. The third-order valence-corrected chi connectivity index (χ3v) is 4.05. The van der Waals surface area contributed by atoms with Crippen molar-refractivity contribution in [1.29, 1.82) is 0 Å². The summed E-state index contributed by atoms with van der Waals surface area (Å²) in [5.41, 5.74) is 1.95. The zero-order valence-electron chi connectivity index (χ0n) is 16.1. The fourth-order valence-corrected chi connectivity index (χ4v) is 2.69. The number of benzene rings is 1. The van der Waals surface area contributed by atoms with E-state index in [1.54, 1.807) is 0 Å². The molecule has 0 aliphatic rings. The topological polar surface area (TPSA) is 35.5 Å². The van der Waals surface area contributed by atoms with Crippen molar-refractivity contribution >= 4 is 11.5 Å². The highest BCUT2D eigenvalue weighted by atomic mass is 16.5. The molecule has 0 aromatic heterocycles. The number of hydrogen-bond acceptors (Lipinski definition) is 3. The van der Waals surface area contributed by atoms with Crippen LogP contribution in [0.3, 0.4) is 0 Å². The monoisotopic (exact) mass is 332 g/mol. The molecule has 0 bridgehead atoms. The molecule has 0 aliphatic carbocycles. The van der Waals surface area contributed by atoms with Crippen molar-refractivity contribution in [3.8, 4) is 0 Å². The molecular weight excluding hydrogens is 300 g/mol. The van der Waals surface area contributed by atoms with Crippen LogP contribution < -0.4 is 0 Å². The largest absolute Gasteiger partial charge is 0.497 e. The molecule has 0 heterocycles. The van der Waals surface area contributed by atoms with Gasteiger partial charge in [0.25, 0.3) is 0 Å². The van der Waals surface area contributed by atoms with Crippen LogP contribution in [0.15, 0.2) is 36.6 Å². The lowest BCUT2D eigenvalue weighted by molar-refractivity contribution is -0.154. The Kier molecular flexibility index (Phi) is 7.53. The van der Waals surface area contributed by atoms with Gasteiger partial charge >= 0.3 is 5.97 Å². The summed E-state index contributed by atoms with van der Waals surface area (Å²) in [6.07, 6.45) is 1.78. The number of hydrogen-bond donors (Lipinski definition) is 0. The molecule has 0 fully saturated rings. The summed E-state index contributed by atoms with van der Waals surface area (Å²) in [6, 6.07) is 10.2. The molecule has 0 amide bonds. The molecule has 0 spiro atoms. The Morgan fingerprint density at radius 3 is 2.21 bits per heavy atom. The minimum Gasteiger partial charge on any atom is -0.497 e. The first-order valence-electron chi connectivity index (χ1n) is 8.69. The minimum absolute atomic E-state index is 0.0453. The highest BCUT2D eigenvalue weighted by Crippen LogP contribution is 2.31. The zero-order valence-corrected chi connectivity index (χ0v) is 16.1. The van der Waals surface area contributed by atoms with Gasteiger partial charge in [-0.05, 0) is 24.0 Å². The summed E-state index contributed by atoms with van der Waals surface area (Å²) in [4.78, 5) is 11.8. The molecule has 0 radical (unpaired) electrons. The lowest BCUT2D eigenvalue weighted by atomic mass is 9.81. The van der Waals surface area contributed by atoms with Gasteiger partial charge in [0.15, 0.2) is 0 Å². The predicted octanol–water partition coefficient (Wildman–Crippen LogP) is 5.31. The van der Waals surface area contributed by atoms with E-state index in [0.29, 0.717) is 12.5 Å². The number of carbonyl (C=O) groups is 1. The Morgan fingerprint density at radius 2 is 1.71 bits per heavy atom. The molecule has 24 heavy (non-hydrogen) atoms. The van der Waals surface area contributed by atoms with Gasteiger partial charge in [-0.3, -0.25) is 4.79 Å². The molecule has 3 heteroatoms. The standard InChI is InChI=1S/C21H32O3/c1-15(2)19(21(6,7)14-24-20(22)16(3)4)23-13-17(5)18-11-9-8-10-12-18/h8-13,15-16,19H,14H2,1-7H3/b17-13+. The van der Waals surface area contributed by atoms with Gasteiger partial charge in [-0.2, -0.15) is 0 Å². The van der Waals surface area contributed by atoms with Gasteiger partial charge < -0.3 is 9.47 Å². The van der Waals surface area contributed by atoms with Crippen molar-refractivity contribution in [2.45, 2.75) is 54.6 Å². The molecule has 1 aromatic rings. The van der Waals surface area contributed by atoms with Crippen LogP contribution in [-0.2, 0) is 14.3 Å². The average molecular weight is 332 g/mol. The molecule has 0 saturated heterocycles. The molecular formula is C21H32O3. The average Bonchev–Trinajstić information content (AvgIpc) is 2.52. The molecule has 0 N–H and O–H groups in total. The third-order valence-electron chi connectivity index (χ3n) is 4.05. The van der Waals surface area contributed by atoms with Crippen molar-refractivity contribution in [3.05, 3.63) is 42.2 Å². The first-order chi connectivity index (χ1) is 11.1. The number of allylic oxidation sites excluding steroid dienone is 1. The number of carbonyl (C=O) groups excluding carboxylic acids is 1. The first-order valence-corrected chi connectivity index (χ1v) is 8.69. The molecule has 3 nitrogen and oxygen atoms in total. The minimum atomic E-state index is -0.272. The molecule has 1 atom stereocenters. The van der Waals surface area contributed by atoms with Crippen LogP contribution in [0.4, 0.5) is 0 Å². The van der Waals surface area contributed by atoms with E-state index in [1.807, 2.05) is 45.2 Å². The van der Waals surface area contributed by atoms with Crippen molar-refractivity contribution < 1.29 is 14.3 Å². The van der Waals surface area contributed by atoms with E-state index >= 15 is 0 Å². The van der Waals surface area contributed by atoms with E-state index in [1.165, 1.54) is 0 Å². The Labute approximate surface area is 147 Å². The summed E-state index contributed by atoms with van der Waals surface area (Å²) >= 11 is 0. The van der Waals surface area contributed by atoms with Gasteiger partial charge in [0.2, 0.25) is 0 Å². The molecule has 0 aliphatic heterocycles. The van der Waals surface area contributed by atoms with Crippen LogP contribution in [0.25, 0.3) is 5.57 Å². The Hall–Kier alpha value is -1.77. The Bertz CT molecular complexity index is 541. The number of ether oxygens (including phenoxy) is 2. The normalized spacial score (nSPS) is 14.0. The van der Waals surface area contributed by atoms with E-state index in [2.05, 4.69) is 39.8 Å². The SMILES string of the molecule is C/C(=C\OC(C(C)C)C(C)(C)COC(=O)C(C)C)c1ccccc1. The highest BCUT2D eigenvalue weighted by Gasteiger charge is 2.35. The van der Waals surface area contributed by atoms with Gasteiger partial charge in [0.1, 0.15) is 6.10 Å². The first kappa shape index (κ1) is 20.3. The quantitative estimate of drug-likeness (QED) is 0.478. The van der Waals surface area contributed by atoms with Crippen molar-refractivity contribution in [2.24, 2.45) is 17.3 Å². The maximum absolute atomic E-state index is 11.8. The third kappa shape index (κ3) is 6.03. The van der Waals surface area contributed by atoms with E-state index < -0.39 is 0 Å². The summed E-state index contributed by atoms with van der Waals surface area (Å²) in [6.45, 7) is 14.5. The summed E-state index contributed by atoms with van der Waals surface area (Å²) < 4.78 is 11.6. The van der Waals surface area contributed by atoms with E-state index in [0.717, 1.165) is 11.1 Å². The number of rotatable bonds is 8. The summed E-state index contributed by atoms with van der Waals surface area (Å²) in [7, 11) is 0. The lowest BCUT2D eigenvalue weighted by Crippen LogP contribution is -2.39. The van der Waals surface area contributed by atoms with Crippen LogP contribution in [0, 0.1) is 17.3 Å². The highest BCUT2D eigenvalue weighted by molar-refractivity contribution is 5.71. The van der Waals surface area contributed by atoms with Gasteiger partial charge in [-0.25, -0.2) is 0 Å². The van der Waals surface area contributed by atoms with Crippen LogP contribution >= 0.6 is 0 Å². The second-order valence-electron chi connectivity index (χ2n) is 7.72. The van der Waals surface area contributed by atoms with Gasteiger partial charge in [-0.15, -0.1) is 0 Å². The van der Waals surface area contributed by atoms with Crippen molar-refractivity contribution in [2.75, 3.05) is 6.61 Å². The van der Waals surface area contributed by atoms with Crippen molar-refractivity contribution in [1.82, 2.24) is 0 Å². The molecule has 1 aromatic carbocycles. The van der Waals surface area contributed by atoms with Gasteiger partial charge in [-0.1, -0.05) is 71.9 Å². The Morgan fingerprint density at radius 1 is 1.12 bits per heavy atom. The second-order valence-corrected chi connectivity index (χ2v) is 7.72. The van der Waals surface area contributed by atoms with Crippen LogP contribution in [-0.4, -0.2) is 18.7 Å². The fourth-order valence-electron chi connectivity index (χ4n) is 2.69.